The number of carbonyl (C=O) groups excluding carboxylic acids is 3. The van der Waals surface area contributed by atoms with Gasteiger partial charge in [-0.3, -0.25) is 14.4 Å². The fourth-order valence-electron chi connectivity index (χ4n) is 7.15. The zero-order valence-electron chi connectivity index (χ0n) is 26.4. The van der Waals surface area contributed by atoms with Crippen LogP contribution in [-0.4, -0.2) is 94.6 Å². The maximum Gasteiger partial charge on any atom is 0.259 e. The van der Waals surface area contributed by atoms with E-state index in [0.29, 0.717) is 73.7 Å². The molecule has 3 amide bonds. The number of fused-ring (bicyclic) bond motifs is 1. The van der Waals surface area contributed by atoms with Crippen molar-refractivity contribution in [3.8, 4) is 5.69 Å². The summed E-state index contributed by atoms with van der Waals surface area (Å²) in [6.45, 7) is 9.28. The van der Waals surface area contributed by atoms with Crippen molar-refractivity contribution in [2.45, 2.75) is 33.1 Å². The maximum atomic E-state index is 13.8. The zero-order valence-corrected chi connectivity index (χ0v) is 27.1. The molecule has 3 saturated heterocycles. The van der Waals surface area contributed by atoms with Crippen LogP contribution in [0, 0.1) is 30.5 Å². The first kappa shape index (κ1) is 32.0. The van der Waals surface area contributed by atoms with Gasteiger partial charge in [0.2, 0.25) is 11.8 Å². The fraction of sp³-hybridized carbons (Fsp3) is 0.471. The molecule has 3 fully saturated rings. The van der Waals surface area contributed by atoms with Crippen molar-refractivity contribution in [2.24, 2.45) is 17.8 Å². The molecule has 2 aromatic carbocycles. The molecule has 0 bridgehead atoms. The predicted octanol–water partition coefficient (Wildman–Crippen LogP) is 4.24. The monoisotopic (exact) mass is 649 g/mol. The lowest BCUT2D eigenvalue weighted by Crippen LogP contribution is -2.44. The van der Waals surface area contributed by atoms with Crippen molar-refractivity contribution in [2.75, 3.05) is 63.0 Å². The van der Waals surface area contributed by atoms with Crippen LogP contribution in [0.3, 0.4) is 0 Å². The number of hydrogen-bond donors (Lipinski definition) is 1. The highest BCUT2D eigenvalue weighted by atomic mass is 35.5. The lowest BCUT2D eigenvalue weighted by Gasteiger charge is -2.34. The first-order chi connectivity index (χ1) is 22.1. The van der Waals surface area contributed by atoms with Crippen molar-refractivity contribution < 1.29 is 18.8 Å². The average Bonchev–Trinajstić information content (AvgIpc) is 3.74. The Morgan fingerprint density at radius 2 is 1.67 bits per heavy atom. The SMILES string of the molecule is CC(=O)N1CCC(C(=O)N(CCCN2CC3CN(C(=O)c4cnn(-c5ccc(F)cc5)c4N)CC3C2)c2ccc(C)c(Cl)c2)CC1. The van der Waals surface area contributed by atoms with Crippen LogP contribution in [-0.2, 0) is 9.59 Å². The van der Waals surface area contributed by atoms with Gasteiger partial charge < -0.3 is 25.3 Å². The van der Waals surface area contributed by atoms with E-state index in [4.69, 9.17) is 17.3 Å². The van der Waals surface area contributed by atoms with Crippen LogP contribution in [0.5, 0.6) is 0 Å². The molecule has 0 spiro atoms. The summed E-state index contributed by atoms with van der Waals surface area (Å²) in [4.78, 5) is 47.0. The molecule has 6 rings (SSSR count). The molecule has 244 valence electrons. The quantitative estimate of drug-likeness (QED) is 0.391. The molecule has 3 aliphatic heterocycles. The molecule has 12 heteroatoms. The summed E-state index contributed by atoms with van der Waals surface area (Å²) in [7, 11) is 0. The van der Waals surface area contributed by atoms with Crippen LogP contribution in [0.15, 0.2) is 48.7 Å². The molecular weight excluding hydrogens is 609 g/mol. The van der Waals surface area contributed by atoms with Crippen LogP contribution in [0.25, 0.3) is 5.69 Å². The number of carbonyl (C=O) groups is 3. The number of amides is 3. The highest BCUT2D eigenvalue weighted by Crippen LogP contribution is 2.33. The number of rotatable bonds is 8. The molecule has 1 aromatic heterocycles. The number of nitrogen functional groups attached to an aromatic ring is 1. The van der Waals surface area contributed by atoms with Crippen molar-refractivity contribution in [1.82, 2.24) is 24.5 Å². The molecule has 10 nitrogen and oxygen atoms in total. The van der Waals surface area contributed by atoms with Crippen molar-refractivity contribution in [3.05, 3.63) is 70.6 Å². The van der Waals surface area contributed by atoms with Gasteiger partial charge in [-0.05, 0) is 86.5 Å². The van der Waals surface area contributed by atoms with Crippen LogP contribution >= 0.6 is 11.6 Å². The lowest BCUT2D eigenvalue weighted by molar-refractivity contribution is -0.133. The summed E-state index contributed by atoms with van der Waals surface area (Å²) in [6, 6.07) is 11.6. The van der Waals surface area contributed by atoms with Gasteiger partial charge in [-0.25, -0.2) is 9.07 Å². The normalized spacial score (nSPS) is 20.3. The van der Waals surface area contributed by atoms with Crippen LogP contribution in [0.2, 0.25) is 5.02 Å². The second kappa shape index (κ2) is 13.4. The van der Waals surface area contributed by atoms with Crippen molar-refractivity contribution in [1.29, 1.82) is 0 Å². The van der Waals surface area contributed by atoms with Gasteiger partial charge in [0.05, 0.1) is 11.9 Å². The molecule has 0 saturated carbocycles. The number of aryl methyl sites for hydroxylation is 1. The third kappa shape index (κ3) is 6.62. The van der Waals surface area contributed by atoms with Crippen LogP contribution in [0.4, 0.5) is 15.9 Å². The van der Waals surface area contributed by atoms with Crippen LogP contribution in [0.1, 0.15) is 42.1 Å². The summed E-state index contributed by atoms with van der Waals surface area (Å²) < 4.78 is 14.8. The average molecular weight is 650 g/mol. The van der Waals surface area contributed by atoms with Gasteiger partial charge >= 0.3 is 0 Å². The number of nitrogens with zero attached hydrogens (tertiary/aromatic N) is 6. The molecule has 2 unspecified atom stereocenters. The Balaban J connectivity index is 1.03. The second-order valence-corrected chi connectivity index (χ2v) is 13.3. The van der Waals surface area contributed by atoms with E-state index in [2.05, 4.69) is 10.00 Å². The molecule has 0 aliphatic carbocycles. The third-order valence-corrected chi connectivity index (χ3v) is 10.2. The fourth-order valence-corrected chi connectivity index (χ4v) is 7.32. The highest BCUT2D eigenvalue weighted by Gasteiger charge is 2.42. The van der Waals surface area contributed by atoms with E-state index < -0.39 is 0 Å². The van der Waals surface area contributed by atoms with Gasteiger partial charge in [0.25, 0.3) is 5.91 Å². The molecule has 46 heavy (non-hydrogen) atoms. The van der Waals surface area contributed by atoms with E-state index in [9.17, 15) is 18.8 Å². The number of likely N-dealkylation sites (tertiary alicyclic amines) is 3. The van der Waals surface area contributed by atoms with E-state index in [1.807, 2.05) is 39.8 Å². The number of anilines is 2. The summed E-state index contributed by atoms with van der Waals surface area (Å²) in [5.41, 5.74) is 9.03. The highest BCUT2D eigenvalue weighted by molar-refractivity contribution is 6.31. The molecule has 0 radical (unpaired) electrons. The summed E-state index contributed by atoms with van der Waals surface area (Å²) in [5, 5.41) is 4.92. The largest absolute Gasteiger partial charge is 0.383 e. The summed E-state index contributed by atoms with van der Waals surface area (Å²) >= 11 is 6.47. The lowest BCUT2D eigenvalue weighted by atomic mass is 9.94. The van der Waals surface area contributed by atoms with Gasteiger partial charge in [-0.15, -0.1) is 0 Å². The third-order valence-electron chi connectivity index (χ3n) is 9.84. The Morgan fingerprint density at radius 1 is 1.00 bits per heavy atom. The van der Waals surface area contributed by atoms with E-state index in [1.54, 1.807) is 19.1 Å². The molecule has 2 N–H and O–H groups in total. The number of piperidine rings is 1. The Hall–Kier alpha value is -3.96. The molecule has 4 heterocycles. The second-order valence-electron chi connectivity index (χ2n) is 12.9. The van der Waals surface area contributed by atoms with E-state index in [-0.39, 0.29) is 35.3 Å². The Morgan fingerprint density at radius 3 is 2.30 bits per heavy atom. The Labute approximate surface area is 273 Å². The molecule has 3 aromatic rings. The number of hydrogen-bond acceptors (Lipinski definition) is 6. The molecular formula is C34H41ClFN7O3. The minimum atomic E-state index is -0.354. The van der Waals surface area contributed by atoms with Gasteiger partial charge in [-0.1, -0.05) is 17.7 Å². The zero-order chi connectivity index (χ0) is 32.5. The summed E-state index contributed by atoms with van der Waals surface area (Å²) in [6.07, 6.45) is 3.63. The molecule has 2 atom stereocenters. The standard InChI is InChI=1S/C34H41ClFN7O3/c1-22-4-7-29(16-31(22)35)42(33(45)24-10-14-40(15-11-24)23(2)44)13-3-12-39-18-25-20-41(21-26(25)19-39)34(46)30-17-38-43(32(30)37)28-8-5-27(36)6-9-28/h4-9,16-17,24-26H,3,10-15,18-21,37H2,1-2H3. The van der Waals surface area contributed by atoms with Gasteiger partial charge in [0.15, 0.2) is 0 Å². The number of aromatic nitrogens is 2. The number of halogens is 2. The minimum absolute atomic E-state index is 0.0537. The summed E-state index contributed by atoms with van der Waals surface area (Å²) in [5.74, 6) is 0.529. The molecule has 3 aliphatic rings. The smallest absolute Gasteiger partial charge is 0.259 e. The topological polar surface area (TPSA) is 108 Å². The van der Waals surface area contributed by atoms with Crippen LogP contribution < -0.4 is 10.6 Å². The maximum absolute atomic E-state index is 13.8. The van der Waals surface area contributed by atoms with Gasteiger partial charge in [0, 0.05) is 69.4 Å². The first-order valence-electron chi connectivity index (χ1n) is 16.0. The first-order valence-corrected chi connectivity index (χ1v) is 16.4. The van der Waals surface area contributed by atoms with Crippen molar-refractivity contribution in [3.63, 3.8) is 0 Å². The predicted molar refractivity (Wildman–Crippen MR) is 175 cm³/mol. The van der Waals surface area contributed by atoms with Gasteiger partial charge in [-0.2, -0.15) is 5.10 Å². The van der Waals surface area contributed by atoms with E-state index >= 15 is 0 Å². The van der Waals surface area contributed by atoms with E-state index in [0.717, 1.165) is 37.3 Å². The number of nitrogens with two attached hydrogens (primary N) is 1. The Kier molecular flexibility index (Phi) is 9.33. The van der Waals surface area contributed by atoms with E-state index in [1.165, 1.54) is 23.0 Å². The minimum Gasteiger partial charge on any atom is -0.383 e. The van der Waals surface area contributed by atoms with Gasteiger partial charge in [0.1, 0.15) is 17.2 Å². The number of benzene rings is 2. The van der Waals surface area contributed by atoms with Crippen molar-refractivity contribution >= 4 is 40.8 Å². The Bertz CT molecular complexity index is 1590.